The summed E-state index contributed by atoms with van der Waals surface area (Å²) < 4.78 is 12.8. The van der Waals surface area contributed by atoms with Gasteiger partial charge in [0, 0.05) is 5.56 Å². The van der Waals surface area contributed by atoms with Crippen LogP contribution in [0.25, 0.3) is 6.08 Å². The molecule has 1 aromatic rings. The molecule has 0 bridgehead atoms. The Hall–Kier alpha value is -1.13. The van der Waals surface area contributed by atoms with E-state index in [-0.39, 0.29) is 5.82 Å². The largest absolute Gasteiger partial charge is 0.480 e. The van der Waals surface area contributed by atoms with Gasteiger partial charge in [0.15, 0.2) is 0 Å². The summed E-state index contributed by atoms with van der Waals surface area (Å²) in [7, 11) is -1.54. The minimum absolute atomic E-state index is 0.339. The molecule has 4 heteroatoms. The molecule has 1 rings (SSSR count). The summed E-state index contributed by atoms with van der Waals surface area (Å²) in [5, 5.41) is 16.9. The fourth-order valence-corrected chi connectivity index (χ4v) is 0.800. The molecule has 0 saturated heterocycles. The van der Waals surface area contributed by atoms with Crippen molar-refractivity contribution >= 4 is 13.2 Å². The van der Waals surface area contributed by atoms with Crippen LogP contribution in [0.1, 0.15) is 5.56 Å². The molecule has 62 valence electrons. The van der Waals surface area contributed by atoms with E-state index in [1.165, 1.54) is 12.1 Å². The third-order valence-electron chi connectivity index (χ3n) is 1.35. The van der Waals surface area contributed by atoms with Crippen LogP contribution in [0, 0.1) is 5.82 Å². The van der Waals surface area contributed by atoms with Gasteiger partial charge in [0.2, 0.25) is 0 Å². The third kappa shape index (κ3) is 2.49. The van der Waals surface area contributed by atoms with Crippen LogP contribution in [0.15, 0.2) is 30.2 Å². The zero-order valence-corrected chi connectivity index (χ0v) is 6.31. The first-order valence-corrected chi connectivity index (χ1v) is 3.49. The molecule has 2 N–H and O–H groups in total. The minimum Gasteiger partial charge on any atom is -0.424 e. The van der Waals surface area contributed by atoms with Crippen molar-refractivity contribution in [3.8, 4) is 0 Å². The normalized spacial score (nSPS) is 10.6. The van der Waals surface area contributed by atoms with Crippen molar-refractivity contribution in [2.45, 2.75) is 0 Å². The van der Waals surface area contributed by atoms with Crippen LogP contribution in [-0.4, -0.2) is 17.2 Å². The fraction of sp³-hybridized carbons (Fsp3) is 0. The average molecular weight is 166 g/mol. The van der Waals surface area contributed by atoms with Crippen LogP contribution in [0.5, 0.6) is 0 Å². The fourth-order valence-electron chi connectivity index (χ4n) is 0.800. The molecule has 0 radical (unpaired) electrons. The van der Waals surface area contributed by atoms with Crippen molar-refractivity contribution in [1.82, 2.24) is 0 Å². The topological polar surface area (TPSA) is 40.5 Å². The summed E-state index contributed by atoms with van der Waals surface area (Å²) in [5.41, 5.74) is 0.339. The molecule has 0 unspecified atom stereocenters. The van der Waals surface area contributed by atoms with E-state index >= 15 is 0 Å². The van der Waals surface area contributed by atoms with Gasteiger partial charge >= 0.3 is 7.12 Å². The molecule has 0 aliphatic heterocycles. The molecule has 0 heterocycles. The molecule has 12 heavy (non-hydrogen) atoms. The summed E-state index contributed by atoms with van der Waals surface area (Å²) in [4.78, 5) is 0. The lowest BCUT2D eigenvalue weighted by atomic mass is 9.91. The second kappa shape index (κ2) is 4.04. The second-order valence-electron chi connectivity index (χ2n) is 2.29. The van der Waals surface area contributed by atoms with E-state index in [0.29, 0.717) is 5.56 Å². The molecule has 0 amide bonds. The lowest BCUT2D eigenvalue weighted by molar-refractivity contribution is 0.424. The molecule has 0 aliphatic rings. The smallest absolute Gasteiger partial charge is 0.424 e. The highest BCUT2D eigenvalue weighted by molar-refractivity contribution is 6.48. The minimum atomic E-state index is -1.54. The zero-order chi connectivity index (χ0) is 8.97. The maximum atomic E-state index is 12.8. The number of hydrogen-bond donors (Lipinski definition) is 2. The Bertz CT molecular complexity index is 286. The van der Waals surface area contributed by atoms with Gasteiger partial charge in [0.1, 0.15) is 5.82 Å². The molecule has 2 nitrogen and oxygen atoms in total. The summed E-state index contributed by atoms with van der Waals surface area (Å²) in [6, 6.07) is 6.10. The number of halogens is 1. The molecular weight excluding hydrogens is 158 g/mol. The van der Waals surface area contributed by atoms with E-state index in [4.69, 9.17) is 10.0 Å². The van der Waals surface area contributed by atoms with E-state index in [9.17, 15) is 4.39 Å². The van der Waals surface area contributed by atoms with Crippen LogP contribution in [0.2, 0.25) is 0 Å². The molecule has 1 aromatic carbocycles. The van der Waals surface area contributed by atoms with E-state index in [2.05, 4.69) is 0 Å². The lowest BCUT2D eigenvalue weighted by Gasteiger charge is -1.94. The predicted molar refractivity (Wildman–Crippen MR) is 45.6 cm³/mol. The van der Waals surface area contributed by atoms with Crippen molar-refractivity contribution < 1.29 is 14.4 Å². The Morgan fingerprint density at radius 1 is 1.25 bits per heavy atom. The number of rotatable bonds is 2. The van der Waals surface area contributed by atoms with Crippen molar-refractivity contribution in [1.29, 1.82) is 0 Å². The maximum Gasteiger partial charge on any atom is 0.480 e. The van der Waals surface area contributed by atoms with Gasteiger partial charge in [-0.1, -0.05) is 30.3 Å². The lowest BCUT2D eigenvalue weighted by Crippen LogP contribution is -2.05. The van der Waals surface area contributed by atoms with E-state index < -0.39 is 7.12 Å². The Morgan fingerprint density at radius 3 is 2.50 bits per heavy atom. The summed E-state index contributed by atoms with van der Waals surface area (Å²) in [6.07, 6.45) is 1.32. The van der Waals surface area contributed by atoms with Gasteiger partial charge in [-0.3, -0.25) is 0 Å². The van der Waals surface area contributed by atoms with E-state index in [1.807, 2.05) is 0 Å². The van der Waals surface area contributed by atoms with Gasteiger partial charge in [-0.15, -0.1) is 0 Å². The molecule has 0 spiro atoms. The van der Waals surface area contributed by atoms with Crippen LogP contribution < -0.4 is 0 Å². The zero-order valence-electron chi connectivity index (χ0n) is 6.31. The Labute approximate surface area is 70.1 Å². The molecular formula is C8H8BFO2. The van der Waals surface area contributed by atoms with Gasteiger partial charge < -0.3 is 10.0 Å². The third-order valence-corrected chi connectivity index (χ3v) is 1.35. The summed E-state index contributed by atoms with van der Waals surface area (Å²) in [6.45, 7) is 0. The van der Waals surface area contributed by atoms with Crippen LogP contribution >= 0.6 is 0 Å². The molecule has 0 atom stereocenters. The van der Waals surface area contributed by atoms with Gasteiger partial charge in [-0.05, 0) is 6.07 Å². The predicted octanol–water partition coefficient (Wildman–Crippen LogP) is 0.851. The van der Waals surface area contributed by atoms with Crippen molar-refractivity contribution in [2.75, 3.05) is 0 Å². The van der Waals surface area contributed by atoms with Crippen LogP contribution in [0.3, 0.4) is 0 Å². The highest BCUT2D eigenvalue weighted by Gasteiger charge is 2.00. The Kier molecular flexibility index (Phi) is 3.02. The highest BCUT2D eigenvalue weighted by Crippen LogP contribution is 2.07. The van der Waals surface area contributed by atoms with Gasteiger partial charge in [-0.2, -0.15) is 0 Å². The van der Waals surface area contributed by atoms with Crippen molar-refractivity contribution in [3.05, 3.63) is 41.6 Å². The summed E-state index contributed by atoms with van der Waals surface area (Å²) in [5.74, 6) is 0.715. The Morgan fingerprint density at radius 2 is 1.92 bits per heavy atom. The standard InChI is InChI=1S/C8H8BFO2/c10-8-4-2-1-3-7(8)5-6-9(11)12/h1-6,11-12H. The second-order valence-corrected chi connectivity index (χ2v) is 2.29. The first-order chi connectivity index (χ1) is 5.70. The Balaban J connectivity index is 2.82. The highest BCUT2D eigenvalue weighted by atomic mass is 19.1. The maximum absolute atomic E-state index is 12.8. The SMILES string of the molecule is OB(O)C=Cc1ccccc1F. The molecule has 0 aromatic heterocycles. The first kappa shape index (κ1) is 8.97. The van der Waals surface area contributed by atoms with Gasteiger partial charge in [0.05, 0.1) is 0 Å². The average Bonchev–Trinajstić information content (AvgIpc) is 2.03. The summed E-state index contributed by atoms with van der Waals surface area (Å²) >= 11 is 0. The monoisotopic (exact) mass is 166 g/mol. The van der Waals surface area contributed by atoms with E-state index in [1.54, 1.807) is 18.2 Å². The molecule has 0 fully saturated rings. The van der Waals surface area contributed by atoms with Crippen molar-refractivity contribution in [3.63, 3.8) is 0 Å². The molecule has 0 aliphatic carbocycles. The first-order valence-electron chi connectivity index (χ1n) is 3.49. The number of hydrogen-bond acceptors (Lipinski definition) is 2. The van der Waals surface area contributed by atoms with E-state index in [0.717, 1.165) is 5.98 Å². The number of benzene rings is 1. The quantitative estimate of drug-likeness (QED) is 0.639. The van der Waals surface area contributed by atoms with Crippen LogP contribution in [-0.2, 0) is 0 Å². The van der Waals surface area contributed by atoms with Gasteiger partial charge in [0.25, 0.3) is 0 Å². The molecule has 0 saturated carbocycles. The van der Waals surface area contributed by atoms with Gasteiger partial charge in [-0.25, -0.2) is 4.39 Å². The van der Waals surface area contributed by atoms with Crippen LogP contribution in [0.4, 0.5) is 4.39 Å². The van der Waals surface area contributed by atoms with Crippen molar-refractivity contribution in [2.24, 2.45) is 0 Å².